The van der Waals surface area contributed by atoms with Crippen molar-refractivity contribution in [1.29, 1.82) is 0 Å². The van der Waals surface area contributed by atoms with Crippen molar-refractivity contribution in [1.82, 2.24) is 10.2 Å². The molecule has 0 spiro atoms. The number of rotatable bonds is 1. The predicted molar refractivity (Wildman–Crippen MR) is 93.3 cm³/mol. The minimum absolute atomic E-state index is 0.0497. The standard InChI is InChI=1S/C18H24N4O2/c1-21-10-9-12-13(6-4-8-15(12)21)20-18(24)22-11-17(23)19-14-5-2-3-7-16(14)22/h4,6,8,14,16H,2-3,5,7,9-11H2,1H3,(H,19,23)(H,20,24)/t14-,16+/m0/s1. The summed E-state index contributed by atoms with van der Waals surface area (Å²) < 4.78 is 0. The Kier molecular flexibility index (Phi) is 3.82. The Balaban J connectivity index is 1.55. The first kappa shape index (κ1) is 15.3. The smallest absolute Gasteiger partial charge is 0.322 e. The predicted octanol–water partition coefficient (Wildman–Crippen LogP) is 1.95. The number of urea groups is 1. The number of nitrogens with one attached hydrogen (secondary N) is 2. The van der Waals surface area contributed by atoms with Gasteiger partial charge in [0.05, 0.1) is 6.04 Å². The molecule has 6 nitrogen and oxygen atoms in total. The summed E-state index contributed by atoms with van der Waals surface area (Å²) in [5.74, 6) is -0.0497. The number of amides is 3. The molecule has 1 saturated carbocycles. The van der Waals surface area contributed by atoms with E-state index in [1.54, 1.807) is 4.90 Å². The number of benzene rings is 1. The van der Waals surface area contributed by atoms with Crippen LogP contribution >= 0.6 is 0 Å². The first-order chi connectivity index (χ1) is 11.6. The van der Waals surface area contributed by atoms with E-state index in [9.17, 15) is 9.59 Å². The average Bonchev–Trinajstić information content (AvgIpc) is 2.96. The van der Waals surface area contributed by atoms with Crippen molar-refractivity contribution in [2.45, 2.75) is 44.2 Å². The van der Waals surface area contributed by atoms with Crippen LogP contribution in [0.15, 0.2) is 18.2 Å². The monoisotopic (exact) mass is 328 g/mol. The summed E-state index contributed by atoms with van der Waals surface area (Å²) in [6.07, 6.45) is 5.11. The van der Waals surface area contributed by atoms with Crippen LogP contribution in [-0.4, -0.2) is 49.1 Å². The second-order valence-electron chi connectivity index (χ2n) is 7.06. The van der Waals surface area contributed by atoms with Gasteiger partial charge >= 0.3 is 6.03 Å². The number of hydrogen-bond acceptors (Lipinski definition) is 3. The molecule has 0 unspecified atom stereocenters. The highest BCUT2D eigenvalue weighted by molar-refractivity contribution is 5.95. The van der Waals surface area contributed by atoms with Crippen LogP contribution in [-0.2, 0) is 11.2 Å². The number of nitrogens with zero attached hydrogens (tertiary/aromatic N) is 2. The van der Waals surface area contributed by atoms with Crippen LogP contribution in [0, 0.1) is 0 Å². The molecule has 6 heteroatoms. The Bertz CT molecular complexity index is 675. The molecule has 4 rings (SSSR count). The molecule has 3 aliphatic rings. The van der Waals surface area contributed by atoms with Crippen LogP contribution < -0.4 is 15.5 Å². The first-order valence-corrected chi connectivity index (χ1v) is 8.83. The maximum absolute atomic E-state index is 12.9. The van der Waals surface area contributed by atoms with E-state index in [4.69, 9.17) is 0 Å². The van der Waals surface area contributed by atoms with Gasteiger partial charge in [-0.25, -0.2) is 4.79 Å². The second kappa shape index (κ2) is 6.00. The molecule has 3 amide bonds. The van der Waals surface area contributed by atoms with Gasteiger partial charge in [0.25, 0.3) is 0 Å². The number of piperazine rings is 1. The normalized spacial score (nSPS) is 25.8. The molecule has 2 heterocycles. The van der Waals surface area contributed by atoms with Crippen LogP contribution in [0.3, 0.4) is 0 Å². The zero-order valence-electron chi connectivity index (χ0n) is 14.0. The van der Waals surface area contributed by atoms with Crippen LogP contribution in [0.4, 0.5) is 16.2 Å². The summed E-state index contributed by atoms with van der Waals surface area (Å²) in [6, 6.07) is 6.10. The number of carbonyl (C=O) groups is 2. The molecule has 0 aromatic heterocycles. The molecule has 1 saturated heterocycles. The minimum atomic E-state index is -0.148. The van der Waals surface area contributed by atoms with Gasteiger partial charge in [-0.3, -0.25) is 4.79 Å². The molecule has 2 N–H and O–H groups in total. The Labute approximate surface area is 142 Å². The van der Waals surface area contributed by atoms with E-state index in [0.717, 1.165) is 44.3 Å². The Hall–Kier alpha value is -2.24. The van der Waals surface area contributed by atoms with Crippen molar-refractivity contribution >= 4 is 23.3 Å². The number of carbonyl (C=O) groups excluding carboxylic acids is 2. The molecule has 1 aliphatic carbocycles. The number of anilines is 2. The van der Waals surface area contributed by atoms with E-state index >= 15 is 0 Å². The Morgan fingerprint density at radius 3 is 3.00 bits per heavy atom. The molecule has 0 radical (unpaired) electrons. The molecule has 2 fully saturated rings. The SMILES string of the molecule is CN1CCc2c(NC(=O)N3CC(=O)N[C@H]4CCCC[C@H]43)cccc21. The van der Waals surface area contributed by atoms with Gasteiger partial charge in [0.15, 0.2) is 0 Å². The highest BCUT2D eigenvalue weighted by Crippen LogP contribution is 2.33. The van der Waals surface area contributed by atoms with Crippen molar-refractivity contribution in [2.75, 3.05) is 30.4 Å². The molecule has 1 aromatic carbocycles. The fraction of sp³-hybridized carbons (Fsp3) is 0.556. The maximum Gasteiger partial charge on any atom is 0.322 e. The lowest BCUT2D eigenvalue weighted by Crippen LogP contribution is -2.63. The molecular formula is C18H24N4O2. The second-order valence-corrected chi connectivity index (χ2v) is 7.06. The zero-order valence-corrected chi connectivity index (χ0v) is 14.0. The topological polar surface area (TPSA) is 64.7 Å². The van der Waals surface area contributed by atoms with Crippen molar-refractivity contribution in [3.8, 4) is 0 Å². The van der Waals surface area contributed by atoms with Gasteiger partial charge < -0.3 is 20.4 Å². The number of hydrogen-bond donors (Lipinski definition) is 2. The van der Waals surface area contributed by atoms with Gasteiger partial charge in [-0.05, 0) is 31.4 Å². The molecule has 1 aromatic rings. The van der Waals surface area contributed by atoms with Crippen molar-refractivity contribution in [2.24, 2.45) is 0 Å². The minimum Gasteiger partial charge on any atom is -0.374 e. The average molecular weight is 328 g/mol. The molecular weight excluding hydrogens is 304 g/mol. The Morgan fingerprint density at radius 2 is 2.12 bits per heavy atom. The van der Waals surface area contributed by atoms with Crippen molar-refractivity contribution in [3.63, 3.8) is 0 Å². The van der Waals surface area contributed by atoms with Gasteiger partial charge in [0.1, 0.15) is 6.54 Å². The fourth-order valence-electron chi connectivity index (χ4n) is 4.30. The fourth-order valence-corrected chi connectivity index (χ4v) is 4.30. The molecule has 0 bridgehead atoms. The third-order valence-electron chi connectivity index (χ3n) is 5.55. The van der Waals surface area contributed by atoms with Gasteiger partial charge in [-0.1, -0.05) is 18.9 Å². The van der Waals surface area contributed by atoms with Crippen molar-refractivity contribution in [3.05, 3.63) is 23.8 Å². The van der Waals surface area contributed by atoms with Crippen molar-refractivity contribution < 1.29 is 9.59 Å². The summed E-state index contributed by atoms with van der Waals surface area (Å²) in [7, 11) is 2.07. The first-order valence-electron chi connectivity index (χ1n) is 8.83. The van der Waals surface area contributed by atoms with Crippen LogP contribution in [0.2, 0.25) is 0 Å². The summed E-state index contributed by atoms with van der Waals surface area (Å²) in [6.45, 7) is 1.13. The lowest BCUT2D eigenvalue weighted by molar-refractivity contribution is -0.126. The lowest BCUT2D eigenvalue weighted by atomic mass is 9.87. The zero-order chi connectivity index (χ0) is 16.7. The molecule has 128 valence electrons. The largest absolute Gasteiger partial charge is 0.374 e. The van der Waals surface area contributed by atoms with E-state index in [1.807, 2.05) is 12.1 Å². The third-order valence-corrected chi connectivity index (χ3v) is 5.55. The van der Waals surface area contributed by atoms with Gasteiger partial charge in [0, 0.05) is 36.6 Å². The maximum atomic E-state index is 12.9. The van der Waals surface area contributed by atoms with Crippen LogP contribution in [0.25, 0.3) is 0 Å². The Morgan fingerprint density at radius 1 is 1.29 bits per heavy atom. The summed E-state index contributed by atoms with van der Waals surface area (Å²) in [4.78, 5) is 28.8. The van der Waals surface area contributed by atoms with E-state index in [2.05, 4.69) is 28.6 Å². The van der Waals surface area contributed by atoms with E-state index in [1.165, 1.54) is 11.3 Å². The van der Waals surface area contributed by atoms with Gasteiger partial charge in [-0.2, -0.15) is 0 Å². The van der Waals surface area contributed by atoms with Gasteiger partial charge in [-0.15, -0.1) is 0 Å². The number of fused-ring (bicyclic) bond motifs is 2. The molecule has 2 aliphatic heterocycles. The summed E-state index contributed by atoms with van der Waals surface area (Å²) in [5.41, 5.74) is 3.25. The highest BCUT2D eigenvalue weighted by Gasteiger charge is 2.39. The summed E-state index contributed by atoms with van der Waals surface area (Å²) in [5, 5.41) is 6.11. The lowest BCUT2D eigenvalue weighted by Gasteiger charge is -2.43. The molecule has 2 atom stereocenters. The molecule has 24 heavy (non-hydrogen) atoms. The quantitative estimate of drug-likeness (QED) is 0.828. The number of likely N-dealkylation sites (N-methyl/N-ethyl adjacent to an activating group) is 1. The highest BCUT2D eigenvalue weighted by atomic mass is 16.2. The van der Waals surface area contributed by atoms with Crippen LogP contribution in [0.5, 0.6) is 0 Å². The van der Waals surface area contributed by atoms with E-state index in [0.29, 0.717) is 0 Å². The van der Waals surface area contributed by atoms with Crippen LogP contribution in [0.1, 0.15) is 31.2 Å². The van der Waals surface area contributed by atoms with Gasteiger partial charge in [0.2, 0.25) is 5.91 Å². The van der Waals surface area contributed by atoms with E-state index in [-0.39, 0.29) is 30.6 Å². The third kappa shape index (κ3) is 2.60. The summed E-state index contributed by atoms with van der Waals surface area (Å²) >= 11 is 0. The van der Waals surface area contributed by atoms with E-state index < -0.39 is 0 Å².